The standard InChI is InChI=1S/C10H11F2NO4S/c1-18(16,17)7-3-2-6(11)8(9(7)12)5(4-13)10(14)15/h2-3,5H,4,13H2,1H3,(H,14,15). The Morgan fingerprint density at radius 3 is 2.39 bits per heavy atom. The lowest BCUT2D eigenvalue weighted by Gasteiger charge is -2.14. The van der Waals surface area contributed by atoms with E-state index in [4.69, 9.17) is 10.8 Å². The first kappa shape index (κ1) is 14.5. The molecule has 5 nitrogen and oxygen atoms in total. The van der Waals surface area contributed by atoms with Crippen molar-refractivity contribution in [3.63, 3.8) is 0 Å². The summed E-state index contributed by atoms with van der Waals surface area (Å²) in [7, 11) is -3.92. The minimum Gasteiger partial charge on any atom is -0.481 e. The molecule has 0 bridgehead atoms. The zero-order valence-electron chi connectivity index (χ0n) is 9.35. The molecule has 0 saturated heterocycles. The molecule has 1 aromatic rings. The van der Waals surface area contributed by atoms with Gasteiger partial charge in [-0.15, -0.1) is 0 Å². The van der Waals surface area contributed by atoms with Crippen molar-refractivity contribution in [2.45, 2.75) is 10.8 Å². The predicted molar refractivity (Wildman–Crippen MR) is 58.9 cm³/mol. The first-order valence-corrected chi connectivity index (χ1v) is 6.70. The quantitative estimate of drug-likeness (QED) is 0.782. The Labute approximate surface area is 102 Å². The Balaban J connectivity index is 3.58. The Hall–Kier alpha value is -1.54. The van der Waals surface area contributed by atoms with Crippen LogP contribution < -0.4 is 5.73 Å². The number of sulfone groups is 1. The number of aliphatic carboxylic acids is 1. The van der Waals surface area contributed by atoms with Gasteiger partial charge in [0.25, 0.3) is 0 Å². The maximum Gasteiger partial charge on any atom is 0.312 e. The largest absolute Gasteiger partial charge is 0.481 e. The van der Waals surface area contributed by atoms with Crippen molar-refractivity contribution in [1.82, 2.24) is 0 Å². The van der Waals surface area contributed by atoms with Gasteiger partial charge in [0, 0.05) is 18.4 Å². The van der Waals surface area contributed by atoms with Gasteiger partial charge in [-0.3, -0.25) is 4.79 Å². The van der Waals surface area contributed by atoms with Crippen LogP contribution in [0, 0.1) is 11.6 Å². The molecule has 0 aromatic heterocycles. The van der Waals surface area contributed by atoms with Crippen LogP contribution in [0.3, 0.4) is 0 Å². The molecule has 0 aliphatic heterocycles. The molecule has 1 aromatic carbocycles. The third kappa shape index (κ3) is 2.65. The molecule has 0 fully saturated rings. The summed E-state index contributed by atoms with van der Waals surface area (Å²) in [4.78, 5) is 10.1. The van der Waals surface area contributed by atoms with Crippen molar-refractivity contribution < 1.29 is 27.1 Å². The number of carboxylic acids is 1. The Kier molecular flexibility index (Phi) is 4.02. The van der Waals surface area contributed by atoms with Gasteiger partial charge in [-0.05, 0) is 12.1 Å². The van der Waals surface area contributed by atoms with E-state index < -0.39 is 50.4 Å². The van der Waals surface area contributed by atoms with Gasteiger partial charge in [-0.2, -0.15) is 0 Å². The molecule has 0 spiro atoms. The van der Waals surface area contributed by atoms with Crippen molar-refractivity contribution in [2.75, 3.05) is 12.8 Å². The first-order valence-electron chi connectivity index (χ1n) is 4.81. The molecule has 8 heteroatoms. The second-order valence-corrected chi connectivity index (χ2v) is 5.66. The molecule has 0 radical (unpaired) electrons. The molecular weight excluding hydrogens is 268 g/mol. The van der Waals surface area contributed by atoms with Crippen LogP contribution >= 0.6 is 0 Å². The summed E-state index contributed by atoms with van der Waals surface area (Å²) in [5.74, 6) is -5.71. The number of hydrogen-bond donors (Lipinski definition) is 2. The average Bonchev–Trinajstić information content (AvgIpc) is 2.21. The Morgan fingerprint density at radius 2 is 2.00 bits per heavy atom. The average molecular weight is 279 g/mol. The fourth-order valence-electron chi connectivity index (χ4n) is 1.50. The van der Waals surface area contributed by atoms with Crippen LogP contribution in [0.25, 0.3) is 0 Å². The maximum atomic E-state index is 13.9. The van der Waals surface area contributed by atoms with Crippen molar-refractivity contribution in [3.8, 4) is 0 Å². The van der Waals surface area contributed by atoms with Gasteiger partial charge < -0.3 is 10.8 Å². The number of carboxylic acid groups (broad SMARTS) is 1. The van der Waals surface area contributed by atoms with Crippen molar-refractivity contribution in [2.24, 2.45) is 5.73 Å². The summed E-state index contributed by atoms with van der Waals surface area (Å²) < 4.78 is 49.9. The molecule has 0 amide bonds. The summed E-state index contributed by atoms with van der Waals surface area (Å²) in [6.45, 7) is -0.545. The number of benzene rings is 1. The summed E-state index contributed by atoms with van der Waals surface area (Å²) in [6.07, 6.45) is 0.741. The molecule has 3 N–H and O–H groups in total. The molecule has 18 heavy (non-hydrogen) atoms. The number of nitrogens with two attached hydrogens (primary N) is 1. The highest BCUT2D eigenvalue weighted by molar-refractivity contribution is 7.90. The van der Waals surface area contributed by atoms with Crippen LogP contribution in [-0.2, 0) is 14.6 Å². The molecular formula is C10H11F2NO4S. The fourth-order valence-corrected chi connectivity index (χ4v) is 2.25. The van der Waals surface area contributed by atoms with E-state index in [0.717, 1.165) is 12.3 Å². The van der Waals surface area contributed by atoms with Crippen LogP contribution in [-0.4, -0.2) is 32.3 Å². The zero-order valence-corrected chi connectivity index (χ0v) is 10.2. The summed E-state index contributed by atoms with van der Waals surface area (Å²) in [5.41, 5.74) is 4.30. The van der Waals surface area contributed by atoms with Gasteiger partial charge in [0.2, 0.25) is 0 Å². The lowest BCUT2D eigenvalue weighted by Crippen LogP contribution is -2.24. The van der Waals surface area contributed by atoms with Crippen LogP contribution in [0.1, 0.15) is 11.5 Å². The summed E-state index contributed by atoms with van der Waals surface area (Å²) in [6, 6.07) is 1.46. The van der Waals surface area contributed by atoms with E-state index in [1.54, 1.807) is 0 Å². The molecule has 1 rings (SSSR count). The molecule has 0 heterocycles. The van der Waals surface area contributed by atoms with E-state index in [-0.39, 0.29) is 0 Å². The van der Waals surface area contributed by atoms with E-state index in [1.807, 2.05) is 0 Å². The highest BCUT2D eigenvalue weighted by Crippen LogP contribution is 2.27. The summed E-state index contributed by atoms with van der Waals surface area (Å²) in [5, 5.41) is 8.81. The molecule has 0 saturated carbocycles. The van der Waals surface area contributed by atoms with Gasteiger partial charge in [0.05, 0.1) is 5.92 Å². The van der Waals surface area contributed by atoms with Gasteiger partial charge in [0.1, 0.15) is 16.5 Å². The van der Waals surface area contributed by atoms with E-state index >= 15 is 0 Å². The number of hydrogen-bond acceptors (Lipinski definition) is 4. The third-order valence-electron chi connectivity index (χ3n) is 2.37. The van der Waals surface area contributed by atoms with E-state index in [2.05, 4.69) is 0 Å². The smallest absolute Gasteiger partial charge is 0.312 e. The molecule has 100 valence electrons. The molecule has 0 aliphatic carbocycles. The molecule has 1 unspecified atom stereocenters. The van der Waals surface area contributed by atoms with Crippen LogP contribution in [0.15, 0.2) is 17.0 Å². The lowest BCUT2D eigenvalue weighted by molar-refractivity contribution is -0.138. The number of rotatable bonds is 4. The highest BCUT2D eigenvalue weighted by Gasteiger charge is 2.29. The van der Waals surface area contributed by atoms with Crippen LogP contribution in [0.2, 0.25) is 0 Å². The van der Waals surface area contributed by atoms with Crippen molar-refractivity contribution >= 4 is 15.8 Å². The van der Waals surface area contributed by atoms with Gasteiger partial charge in [-0.25, -0.2) is 17.2 Å². The van der Waals surface area contributed by atoms with Crippen LogP contribution in [0.4, 0.5) is 8.78 Å². The van der Waals surface area contributed by atoms with Crippen molar-refractivity contribution in [3.05, 3.63) is 29.3 Å². The fraction of sp³-hybridized carbons (Fsp3) is 0.300. The van der Waals surface area contributed by atoms with Crippen LogP contribution in [0.5, 0.6) is 0 Å². The molecule has 0 aliphatic rings. The lowest BCUT2D eigenvalue weighted by atomic mass is 9.98. The van der Waals surface area contributed by atoms with E-state index in [1.165, 1.54) is 0 Å². The Bertz CT molecular complexity index is 586. The highest BCUT2D eigenvalue weighted by atomic mass is 32.2. The minimum atomic E-state index is -3.92. The van der Waals surface area contributed by atoms with Gasteiger partial charge >= 0.3 is 5.97 Å². The monoisotopic (exact) mass is 279 g/mol. The Morgan fingerprint density at radius 1 is 1.44 bits per heavy atom. The number of carbonyl (C=O) groups is 1. The SMILES string of the molecule is CS(=O)(=O)c1ccc(F)c(C(CN)C(=O)O)c1F. The predicted octanol–water partition coefficient (Wildman–Crippen LogP) is 0.495. The minimum absolute atomic E-state index is 0.545. The van der Waals surface area contributed by atoms with E-state index in [0.29, 0.717) is 6.07 Å². The number of halogens is 2. The van der Waals surface area contributed by atoms with Crippen molar-refractivity contribution in [1.29, 1.82) is 0 Å². The topological polar surface area (TPSA) is 97.5 Å². The second kappa shape index (κ2) is 4.99. The normalized spacial score (nSPS) is 13.3. The van der Waals surface area contributed by atoms with Gasteiger partial charge in [-0.1, -0.05) is 0 Å². The second-order valence-electron chi connectivity index (χ2n) is 3.67. The first-order chi connectivity index (χ1) is 8.20. The molecule has 1 atom stereocenters. The van der Waals surface area contributed by atoms with E-state index in [9.17, 15) is 22.0 Å². The van der Waals surface area contributed by atoms with Gasteiger partial charge in [0.15, 0.2) is 9.84 Å². The summed E-state index contributed by atoms with van der Waals surface area (Å²) >= 11 is 0. The maximum absolute atomic E-state index is 13.9. The zero-order chi connectivity index (χ0) is 14.1. The third-order valence-corrected chi connectivity index (χ3v) is 3.49.